The van der Waals surface area contributed by atoms with E-state index >= 15 is 0 Å². The zero-order chi connectivity index (χ0) is 12.3. The highest BCUT2D eigenvalue weighted by Gasteiger charge is 2.50. The highest BCUT2D eigenvalue weighted by Crippen LogP contribution is 2.41. The summed E-state index contributed by atoms with van der Waals surface area (Å²) in [6.45, 7) is 0.442. The van der Waals surface area contributed by atoms with E-state index in [1.807, 2.05) is 5.38 Å². The highest BCUT2D eigenvalue weighted by molar-refractivity contribution is 7.07. The van der Waals surface area contributed by atoms with E-state index in [-0.39, 0.29) is 5.91 Å². The smallest absolute Gasteiger partial charge is 0.319 e. The summed E-state index contributed by atoms with van der Waals surface area (Å²) in [5, 5.41) is 13.7. The van der Waals surface area contributed by atoms with Gasteiger partial charge < -0.3 is 10.4 Å². The van der Waals surface area contributed by atoms with Crippen LogP contribution in [-0.4, -0.2) is 28.5 Å². The summed E-state index contributed by atoms with van der Waals surface area (Å²) in [5.74, 6) is -1.36. The molecule has 2 rings (SSSR count). The predicted octanol–water partition coefficient (Wildman–Crippen LogP) is 1.06. The van der Waals surface area contributed by atoms with Crippen LogP contribution >= 0.6 is 11.3 Å². The standard InChI is InChI=1S/C11H14N2O3S/c14-9(11(10(15)16)3-1-4-11)12-5-2-8-6-17-7-13-8/h6-7H,1-5H2,(H,12,14)(H,15,16). The van der Waals surface area contributed by atoms with Crippen molar-refractivity contribution in [1.82, 2.24) is 10.3 Å². The molecule has 2 N–H and O–H groups in total. The third-order valence-electron chi connectivity index (χ3n) is 3.20. The number of carbonyl (C=O) groups is 2. The summed E-state index contributed by atoms with van der Waals surface area (Å²) in [6, 6.07) is 0. The largest absolute Gasteiger partial charge is 0.480 e. The number of hydrogen-bond acceptors (Lipinski definition) is 4. The third-order valence-corrected chi connectivity index (χ3v) is 3.84. The molecule has 1 aliphatic rings. The van der Waals surface area contributed by atoms with Crippen molar-refractivity contribution in [3.63, 3.8) is 0 Å². The maximum atomic E-state index is 11.8. The van der Waals surface area contributed by atoms with Crippen LogP contribution in [0.3, 0.4) is 0 Å². The first-order valence-electron chi connectivity index (χ1n) is 5.54. The fourth-order valence-corrected chi connectivity index (χ4v) is 2.50. The number of nitrogens with one attached hydrogen (secondary N) is 1. The van der Waals surface area contributed by atoms with E-state index in [4.69, 9.17) is 5.11 Å². The van der Waals surface area contributed by atoms with E-state index in [1.165, 1.54) is 11.3 Å². The lowest BCUT2D eigenvalue weighted by molar-refractivity contribution is -0.162. The summed E-state index contributed by atoms with van der Waals surface area (Å²) in [7, 11) is 0. The molecule has 1 saturated carbocycles. The molecule has 1 fully saturated rings. The summed E-state index contributed by atoms with van der Waals surface area (Å²) >= 11 is 1.51. The van der Waals surface area contributed by atoms with Crippen LogP contribution in [0.25, 0.3) is 0 Å². The Morgan fingerprint density at radius 3 is 2.76 bits per heavy atom. The van der Waals surface area contributed by atoms with Crippen molar-refractivity contribution in [2.45, 2.75) is 25.7 Å². The molecule has 6 heteroatoms. The van der Waals surface area contributed by atoms with Crippen LogP contribution in [0.2, 0.25) is 0 Å². The van der Waals surface area contributed by atoms with Gasteiger partial charge in [0, 0.05) is 18.3 Å². The molecule has 0 unspecified atom stereocenters. The van der Waals surface area contributed by atoms with Gasteiger partial charge in [0.1, 0.15) is 5.41 Å². The molecule has 0 bridgehead atoms. The Labute approximate surface area is 103 Å². The fraction of sp³-hybridized carbons (Fsp3) is 0.545. The van der Waals surface area contributed by atoms with Gasteiger partial charge in [0.15, 0.2) is 0 Å². The Bertz CT molecular complexity index is 412. The summed E-state index contributed by atoms with van der Waals surface area (Å²) < 4.78 is 0. The lowest BCUT2D eigenvalue weighted by Crippen LogP contribution is -2.51. The molecule has 0 atom stereocenters. The van der Waals surface area contributed by atoms with Gasteiger partial charge in [-0.15, -0.1) is 11.3 Å². The van der Waals surface area contributed by atoms with Gasteiger partial charge in [-0.05, 0) is 12.8 Å². The highest BCUT2D eigenvalue weighted by atomic mass is 32.1. The summed E-state index contributed by atoms with van der Waals surface area (Å²) in [4.78, 5) is 27.0. The fourth-order valence-electron chi connectivity index (χ4n) is 1.90. The SMILES string of the molecule is O=C(O)C1(C(=O)NCCc2cscn2)CCC1. The molecule has 92 valence electrons. The van der Waals surface area contributed by atoms with Gasteiger partial charge in [0.25, 0.3) is 0 Å². The topological polar surface area (TPSA) is 79.3 Å². The molecule has 1 aliphatic carbocycles. The molecule has 0 saturated heterocycles. The molecule has 0 radical (unpaired) electrons. The molecule has 1 heterocycles. The van der Waals surface area contributed by atoms with Gasteiger partial charge in [-0.25, -0.2) is 4.98 Å². The van der Waals surface area contributed by atoms with Gasteiger partial charge in [0.2, 0.25) is 5.91 Å². The van der Waals surface area contributed by atoms with E-state index < -0.39 is 11.4 Å². The molecule has 0 spiro atoms. The second-order valence-corrected chi connectivity index (χ2v) is 4.95. The van der Waals surface area contributed by atoms with Crippen molar-refractivity contribution < 1.29 is 14.7 Å². The Morgan fingerprint density at radius 1 is 1.53 bits per heavy atom. The minimum absolute atomic E-state index is 0.355. The van der Waals surface area contributed by atoms with Gasteiger partial charge in [-0.2, -0.15) is 0 Å². The number of hydrogen-bond donors (Lipinski definition) is 2. The molecular formula is C11H14N2O3S. The molecular weight excluding hydrogens is 240 g/mol. The molecule has 1 amide bonds. The minimum Gasteiger partial charge on any atom is -0.480 e. The predicted molar refractivity (Wildman–Crippen MR) is 62.7 cm³/mol. The Morgan fingerprint density at radius 2 is 2.29 bits per heavy atom. The normalized spacial score (nSPS) is 17.2. The second kappa shape index (κ2) is 4.83. The lowest BCUT2D eigenvalue weighted by Gasteiger charge is -2.35. The summed E-state index contributed by atoms with van der Waals surface area (Å²) in [6.07, 6.45) is 2.35. The van der Waals surface area contributed by atoms with Crippen LogP contribution in [0.5, 0.6) is 0 Å². The van der Waals surface area contributed by atoms with E-state index in [2.05, 4.69) is 10.3 Å². The van der Waals surface area contributed by atoms with Gasteiger partial charge in [-0.1, -0.05) is 6.42 Å². The van der Waals surface area contributed by atoms with Crippen LogP contribution in [0.15, 0.2) is 10.9 Å². The first-order chi connectivity index (χ1) is 8.15. The van der Waals surface area contributed by atoms with E-state index in [9.17, 15) is 9.59 Å². The first kappa shape index (κ1) is 12.0. The van der Waals surface area contributed by atoms with Crippen LogP contribution < -0.4 is 5.32 Å². The second-order valence-electron chi connectivity index (χ2n) is 4.23. The van der Waals surface area contributed by atoms with Crippen molar-refractivity contribution in [2.24, 2.45) is 5.41 Å². The van der Waals surface area contributed by atoms with Crippen molar-refractivity contribution in [2.75, 3.05) is 6.54 Å². The number of amides is 1. The van der Waals surface area contributed by atoms with Gasteiger partial charge in [0.05, 0.1) is 11.2 Å². The molecule has 5 nitrogen and oxygen atoms in total. The van der Waals surface area contributed by atoms with Crippen LogP contribution in [0.4, 0.5) is 0 Å². The number of carbonyl (C=O) groups excluding carboxylic acids is 1. The van der Waals surface area contributed by atoms with Gasteiger partial charge >= 0.3 is 5.97 Å². The molecule has 17 heavy (non-hydrogen) atoms. The monoisotopic (exact) mass is 254 g/mol. The minimum atomic E-state index is -1.16. The quantitative estimate of drug-likeness (QED) is 0.770. The molecule has 1 aromatic rings. The number of aromatic nitrogens is 1. The van der Waals surface area contributed by atoms with Crippen molar-refractivity contribution >= 4 is 23.2 Å². The number of thiazole rings is 1. The van der Waals surface area contributed by atoms with Gasteiger partial charge in [-0.3, -0.25) is 9.59 Å². The van der Waals surface area contributed by atoms with Crippen LogP contribution in [0.1, 0.15) is 25.0 Å². The first-order valence-corrected chi connectivity index (χ1v) is 6.48. The number of nitrogens with zero attached hydrogens (tertiary/aromatic N) is 1. The Balaban J connectivity index is 1.83. The maximum Gasteiger partial charge on any atom is 0.319 e. The average molecular weight is 254 g/mol. The van der Waals surface area contributed by atoms with Crippen molar-refractivity contribution in [3.8, 4) is 0 Å². The maximum absolute atomic E-state index is 11.8. The summed E-state index contributed by atoms with van der Waals surface area (Å²) in [5.41, 5.74) is 1.50. The van der Waals surface area contributed by atoms with Crippen molar-refractivity contribution in [1.29, 1.82) is 0 Å². The molecule has 1 aromatic heterocycles. The van der Waals surface area contributed by atoms with Crippen LogP contribution in [-0.2, 0) is 16.0 Å². The average Bonchev–Trinajstić information content (AvgIpc) is 2.67. The van der Waals surface area contributed by atoms with E-state index in [0.717, 1.165) is 12.1 Å². The Hall–Kier alpha value is -1.43. The zero-order valence-electron chi connectivity index (χ0n) is 9.31. The number of carboxylic acid groups (broad SMARTS) is 1. The third kappa shape index (κ3) is 2.31. The number of aliphatic carboxylic acids is 1. The molecule has 0 aliphatic heterocycles. The Kier molecular flexibility index (Phi) is 3.42. The number of carboxylic acids is 1. The lowest BCUT2D eigenvalue weighted by atomic mass is 9.68. The molecule has 0 aromatic carbocycles. The van der Waals surface area contributed by atoms with Crippen molar-refractivity contribution in [3.05, 3.63) is 16.6 Å². The zero-order valence-corrected chi connectivity index (χ0v) is 10.1. The van der Waals surface area contributed by atoms with Crippen LogP contribution in [0, 0.1) is 5.41 Å². The number of rotatable bonds is 5. The van der Waals surface area contributed by atoms with E-state index in [0.29, 0.717) is 25.8 Å². The van der Waals surface area contributed by atoms with E-state index in [1.54, 1.807) is 5.51 Å².